The third-order valence-electron chi connectivity index (χ3n) is 4.85. The number of carbonyl (C=O) groups is 1. The first-order chi connectivity index (χ1) is 11.3. The van der Waals surface area contributed by atoms with E-state index in [0.29, 0.717) is 6.04 Å². The fraction of sp³-hybridized carbons (Fsp3) is 0.450. The summed E-state index contributed by atoms with van der Waals surface area (Å²) in [5.74, 6) is 1.86. The van der Waals surface area contributed by atoms with E-state index in [2.05, 4.69) is 17.9 Å². The molecule has 0 spiro atoms. The smallest absolute Gasteiger partial charge is 0.246 e. The Morgan fingerprint density at radius 3 is 2.74 bits per heavy atom. The van der Waals surface area contributed by atoms with Crippen LogP contribution in [0.3, 0.4) is 0 Å². The molecule has 2 fully saturated rings. The summed E-state index contributed by atoms with van der Waals surface area (Å²) in [5, 5.41) is 1.09. The number of furan rings is 1. The molecule has 1 aromatic carbocycles. The van der Waals surface area contributed by atoms with Crippen LogP contribution in [-0.4, -0.2) is 23.4 Å². The minimum absolute atomic E-state index is 0.159. The molecule has 3 heteroatoms. The zero-order valence-corrected chi connectivity index (χ0v) is 13.6. The summed E-state index contributed by atoms with van der Waals surface area (Å²) in [6, 6.07) is 8.52. The first kappa shape index (κ1) is 14.6. The number of fused-ring (bicyclic) bond motifs is 1. The van der Waals surface area contributed by atoms with Crippen molar-refractivity contribution in [3.05, 3.63) is 41.7 Å². The maximum atomic E-state index is 12.6. The van der Waals surface area contributed by atoms with Crippen LogP contribution < -0.4 is 0 Å². The highest BCUT2D eigenvalue weighted by molar-refractivity contribution is 5.96. The normalized spacial score (nSPS) is 18.0. The molecule has 23 heavy (non-hydrogen) atoms. The lowest BCUT2D eigenvalue weighted by atomic mass is 10.1. The van der Waals surface area contributed by atoms with Crippen molar-refractivity contribution in [3.8, 4) is 0 Å². The molecule has 0 radical (unpaired) electrons. The van der Waals surface area contributed by atoms with Crippen molar-refractivity contribution < 1.29 is 9.21 Å². The Labute approximate surface area is 137 Å². The minimum Gasteiger partial charge on any atom is -0.460 e. The molecule has 4 rings (SSSR count). The number of rotatable bonds is 6. The molecule has 0 bridgehead atoms. The van der Waals surface area contributed by atoms with Crippen molar-refractivity contribution in [1.82, 2.24) is 4.90 Å². The molecule has 0 aliphatic heterocycles. The predicted molar refractivity (Wildman–Crippen MR) is 92.1 cm³/mol. The number of hydrogen-bond acceptors (Lipinski definition) is 2. The average Bonchev–Trinajstić information content (AvgIpc) is 3.47. The van der Waals surface area contributed by atoms with E-state index in [1.165, 1.54) is 25.7 Å². The van der Waals surface area contributed by atoms with E-state index in [1.807, 2.05) is 24.3 Å². The van der Waals surface area contributed by atoms with Crippen LogP contribution in [0.25, 0.3) is 17.0 Å². The third kappa shape index (κ3) is 3.05. The lowest BCUT2D eigenvalue weighted by Gasteiger charge is -2.20. The fourth-order valence-corrected chi connectivity index (χ4v) is 3.20. The summed E-state index contributed by atoms with van der Waals surface area (Å²) in [4.78, 5) is 14.7. The Morgan fingerprint density at radius 2 is 2.04 bits per heavy atom. The zero-order chi connectivity index (χ0) is 15.8. The van der Waals surface area contributed by atoms with Crippen LogP contribution in [0.5, 0.6) is 0 Å². The van der Waals surface area contributed by atoms with Gasteiger partial charge in [-0.25, -0.2) is 0 Å². The lowest BCUT2D eigenvalue weighted by molar-refractivity contribution is -0.126. The number of para-hydroxylation sites is 1. The summed E-state index contributed by atoms with van der Waals surface area (Å²) in [6.45, 7) is 3.03. The first-order valence-electron chi connectivity index (χ1n) is 8.75. The van der Waals surface area contributed by atoms with E-state index >= 15 is 0 Å². The number of hydrogen-bond donors (Lipinski definition) is 0. The van der Waals surface area contributed by atoms with Gasteiger partial charge in [-0.05, 0) is 43.7 Å². The maximum absolute atomic E-state index is 12.6. The number of aryl methyl sites for hydroxylation is 1. The van der Waals surface area contributed by atoms with Gasteiger partial charge in [0.15, 0.2) is 0 Å². The largest absolute Gasteiger partial charge is 0.460 e. The molecule has 0 atom stereocenters. The predicted octanol–water partition coefficient (Wildman–Crippen LogP) is 4.41. The van der Waals surface area contributed by atoms with Crippen LogP contribution in [0.4, 0.5) is 0 Å². The van der Waals surface area contributed by atoms with Gasteiger partial charge in [0, 0.05) is 36.0 Å². The summed E-state index contributed by atoms with van der Waals surface area (Å²) < 4.78 is 5.90. The summed E-state index contributed by atoms with van der Waals surface area (Å²) >= 11 is 0. The Morgan fingerprint density at radius 1 is 1.26 bits per heavy atom. The Balaban J connectivity index is 1.58. The van der Waals surface area contributed by atoms with Crippen LogP contribution in [0.15, 0.2) is 34.8 Å². The maximum Gasteiger partial charge on any atom is 0.246 e. The van der Waals surface area contributed by atoms with E-state index < -0.39 is 0 Å². The molecule has 1 heterocycles. The van der Waals surface area contributed by atoms with Crippen LogP contribution in [-0.2, 0) is 11.2 Å². The van der Waals surface area contributed by atoms with Gasteiger partial charge in [-0.15, -0.1) is 0 Å². The molecule has 0 saturated heterocycles. The zero-order valence-electron chi connectivity index (χ0n) is 13.6. The second kappa shape index (κ2) is 5.88. The van der Waals surface area contributed by atoms with E-state index in [-0.39, 0.29) is 5.91 Å². The lowest BCUT2D eigenvalue weighted by Crippen LogP contribution is -2.33. The van der Waals surface area contributed by atoms with Gasteiger partial charge in [-0.2, -0.15) is 0 Å². The molecule has 2 aliphatic carbocycles. The highest BCUT2D eigenvalue weighted by Gasteiger charge is 2.35. The molecule has 120 valence electrons. The molecule has 1 aromatic heterocycles. The van der Waals surface area contributed by atoms with Gasteiger partial charge in [0.05, 0.1) is 0 Å². The molecule has 0 unspecified atom stereocenters. The van der Waals surface area contributed by atoms with E-state index in [1.54, 1.807) is 6.08 Å². The second-order valence-electron chi connectivity index (χ2n) is 6.79. The molecule has 2 aliphatic rings. The highest BCUT2D eigenvalue weighted by atomic mass is 16.3. The SMILES string of the molecule is CCc1oc2ccccc2c1/C=C/C(=O)N(CC1CC1)C1CC1. The van der Waals surface area contributed by atoms with Crippen LogP contribution in [0.1, 0.15) is 43.9 Å². The molecule has 0 N–H and O–H groups in total. The van der Waals surface area contributed by atoms with E-state index in [4.69, 9.17) is 4.42 Å². The van der Waals surface area contributed by atoms with Gasteiger partial charge >= 0.3 is 0 Å². The Kier molecular flexibility index (Phi) is 3.72. The van der Waals surface area contributed by atoms with Gasteiger partial charge < -0.3 is 9.32 Å². The molecule has 2 saturated carbocycles. The first-order valence-corrected chi connectivity index (χ1v) is 8.75. The van der Waals surface area contributed by atoms with Gasteiger partial charge in [-0.1, -0.05) is 25.1 Å². The minimum atomic E-state index is 0.159. The second-order valence-corrected chi connectivity index (χ2v) is 6.79. The van der Waals surface area contributed by atoms with E-state index in [0.717, 1.165) is 41.2 Å². The molecule has 3 nitrogen and oxygen atoms in total. The molecule has 2 aromatic rings. The summed E-state index contributed by atoms with van der Waals surface area (Å²) in [5.41, 5.74) is 1.95. The topological polar surface area (TPSA) is 33.5 Å². The third-order valence-corrected chi connectivity index (χ3v) is 4.85. The summed E-state index contributed by atoms with van der Waals surface area (Å²) in [6.07, 6.45) is 9.44. The van der Waals surface area contributed by atoms with Crippen LogP contribution in [0.2, 0.25) is 0 Å². The Bertz CT molecular complexity index is 750. The quantitative estimate of drug-likeness (QED) is 0.741. The van der Waals surface area contributed by atoms with Gasteiger partial charge in [0.1, 0.15) is 11.3 Å². The number of amides is 1. The average molecular weight is 309 g/mol. The van der Waals surface area contributed by atoms with Crippen molar-refractivity contribution in [3.63, 3.8) is 0 Å². The van der Waals surface area contributed by atoms with Gasteiger partial charge in [0.25, 0.3) is 0 Å². The summed E-state index contributed by atoms with van der Waals surface area (Å²) in [7, 11) is 0. The fourth-order valence-electron chi connectivity index (χ4n) is 3.20. The van der Waals surface area contributed by atoms with Crippen molar-refractivity contribution in [2.45, 2.75) is 45.1 Å². The van der Waals surface area contributed by atoms with Gasteiger partial charge in [0.2, 0.25) is 5.91 Å². The van der Waals surface area contributed by atoms with Crippen molar-refractivity contribution in [1.29, 1.82) is 0 Å². The van der Waals surface area contributed by atoms with Gasteiger partial charge in [-0.3, -0.25) is 4.79 Å². The van der Waals surface area contributed by atoms with Crippen molar-refractivity contribution in [2.24, 2.45) is 5.92 Å². The monoisotopic (exact) mass is 309 g/mol. The van der Waals surface area contributed by atoms with Crippen molar-refractivity contribution >= 4 is 23.0 Å². The van der Waals surface area contributed by atoms with Crippen molar-refractivity contribution in [2.75, 3.05) is 6.54 Å². The van der Waals surface area contributed by atoms with Crippen LogP contribution in [0, 0.1) is 5.92 Å². The number of carbonyl (C=O) groups excluding carboxylic acids is 1. The van der Waals surface area contributed by atoms with Crippen LogP contribution >= 0.6 is 0 Å². The molecular weight excluding hydrogens is 286 g/mol. The number of nitrogens with zero attached hydrogens (tertiary/aromatic N) is 1. The number of benzene rings is 1. The van der Waals surface area contributed by atoms with E-state index in [9.17, 15) is 4.79 Å². The molecule has 1 amide bonds. The molecular formula is C20H23NO2. The highest BCUT2D eigenvalue weighted by Crippen LogP contribution is 2.35. The Hall–Kier alpha value is -2.03. The standard InChI is InChI=1S/C20H23NO2/c1-2-18-17(16-5-3-4-6-19(16)23-18)11-12-20(22)21(15-9-10-15)13-14-7-8-14/h3-6,11-12,14-15H,2,7-10,13H2,1H3/b12-11+.